The van der Waals surface area contributed by atoms with Gasteiger partial charge in [-0.15, -0.1) is 4.80 Å². The highest BCUT2D eigenvalue weighted by molar-refractivity contribution is 5.93. The van der Waals surface area contributed by atoms with E-state index in [4.69, 9.17) is 15.7 Å². The molecule has 5 aromatic heterocycles. The molecule has 14 heteroatoms. The molecular weight excluding hydrogens is 544 g/mol. The number of carbonyl (C=O) groups excluding carboxylic acids is 1. The zero-order chi connectivity index (χ0) is 29.0. The van der Waals surface area contributed by atoms with Crippen molar-refractivity contribution in [3.05, 3.63) is 89.9 Å². The summed E-state index contributed by atoms with van der Waals surface area (Å²) in [5.41, 5.74) is 11.0. The third kappa shape index (κ3) is 4.15. The summed E-state index contributed by atoms with van der Waals surface area (Å²) in [6.07, 6.45) is 4.54. The van der Waals surface area contributed by atoms with Gasteiger partial charge in [0.15, 0.2) is 23.1 Å². The van der Waals surface area contributed by atoms with E-state index in [1.165, 1.54) is 18.0 Å². The first-order valence-electron chi connectivity index (χ1n) is 13.1. The van der Waals surface area contributed by atoms with E-state index in [1.54, 1.807) is 30.7 Å². The first-order valence-corrected chi connectivity index (χ1v) is 13.1. The van der Waals surface area contributed by atoms with Crippen molar-refractivity contribution in [2.24, 2.45) is 7.05 Å². The quantitative estimate of drug-likeness (QED) is 0.309. The van der Waals surface area contributed by atoms with Gasteiger partial charge in [0.2, 0.25) is 0 Å². The smallest absolute Gasteiger partial charge is 0.295 e. The molecular formula is C28H23F2N11O. The maximum atomic E-state index is 13.2. The highest BCUT2D eigenvalue weighted by Gasteiger charge is 2.28. The molecule has 0 saturated carbocycles. The maximum Gasteiger partial charge on any atom is 0.295 e. The summed E-state index contributed by atoms with van der Waals surface area (Å²) >= 11 is 0. The van der Waals surface area contributed by atoms with Crippen LogP contribution in [0.15, 0.2) is 67.3 Å². The van der Waals surface area contributed by atoms with Crippen LogP contribution >= 0.6 is 0 Å². The number of amides is 1. The number of fused-ring (bicyclic) bond motifs is 2. The Kier molecular flexibility index (Phi) is 5.96. The molecule has 3 N–H and O–H groups in total. The molecule has 1 aliphatic rings. The number of halogens is 2. The predicted molar refractivity (Wildman–Crippen MR) is 148 cm³/mol. The summed E-state index contributed by atoms with van der Waals surface area (Å²) in [6.45, 7) is 0. The number of pyridine rings is 2. The van der Waals surface area contributed by atoms with E-state index in [0.717, 1.165) is 21.4 Å². The Bertz CT molecular complexity index is 1960. The molecule has 0 fully saturated rings. The van der Waals surface area contributed by atoms with E-state index in [2.05, 4.69) is 25.5 Å². The number of anilines is 1. The highest BCUT2D eigenvalue weighted by atomic mass is 19.3. The minimum absolute atomic E-state index is 0.0764. The molecule has 1 aliphatic carbocycles. The van der Waals surface area contributed by atoms with Crippen molar-refractivity contribution in [2.75, 3.05) is 5.73 Å². The van der Waals surface area contributed by atoms with Gasteiger partial charge in [0.25, 0.3) is 12.3 Å². The molecule has 7 rings (SSSR count). The number of alkyl halides is 2. The van der Waals surface area contributed by atoms with Crippen molar-refractivity contribution in [1.29, 1.82) is 0 Å². The fraction of sp³-hybridized carbons (Fsp3) is 0.179. The molecule has 0 saturated heterocycles. The van der Waals surface area contributed by atoms with Crippen molar-refractivity contribution in [3.8, 4) is 22.9 Å². The lowest BCUT2D eigenvalue weighted by molar-refractivity contribution is 0.0925. The monoisotopic (exact) mass is 567 g/mol. The number of aromatic nitrogens is 9. The lowest BCUT2D eigenvalue weighted by atomic mass is 10.1. The minimum Gasteiger partial charge on any atom is -0.383 e. The Labute approximate surface area is 236 Å². The number of hydrogen-bond donors (Lipinski definition) is 2. The van der Waals surface area contributed by atoms with Crippen LogP contribution in [-0.2, 0) is 13.5 Å². The standard InChI is InChI=1S/C28H23F2N11O/c1-39-21(14-33-27(39)23(29)30)28(42)37-19-7-4-15-13-16(5-6-17(15)19)40-25(18-3-2-10-32-24(18)31)36-20-8-9-22(38-26(20)40)41-34-11-12-35-41/h2-3,5-6,8-14,19,23H,4,7H2,1H3,(H2,31,32)(H,37,42)/t19-/m0/s1. The second-order valence-corrected chi connectivity index (χ2v) is 9.85. The fourth-order valence-corrected chi connectivity index (χ4v) is 5.39. The van der Waals surface area contributed by atoms with E-state index in [9.17, 15) is 13.6 Å². The van der Waals surface area contributed by atoms with Crippen LogP contribution in [0.2, 0.25) is 0 Å². The number of carbonyl (C=O) groups is 1. The largest absolute Gasteiger partial charge is 0.383 e. The maximum absolute atomic E-state index is 13.2. The fourth-order valence-electron chi connectivity index (χ4n) is 5.39. The number of nitrogens with one attached hydrogen (secondary N) is 1. The molecule has 1 atom stereocenters. The average Bonchev–Trinajstić information content (AvgIpc) is 3.78. The van der Waals surface area contributed by atoms with Crippen LogP contribution in [0.3, 0.4) is 0 Å². The van der Waals surface area contributed by atoms with E-state index in [-0.39, 0.29) is 11.7 Å². The average molecular weight is 568 g/mol. The molecule has 0 unspecified atom stereocenters. The van der Waals surface area contributed by atoms with Crippen LogP contribution < -0.4 is 11.1 Å². The first kappa shape index (κ1) is 25.4. The Morgan fingerprint density at radius 2 is 1.90 bits per heavy atom. The van der Waals surface area contributed by atoms with Crippen molar-refractivity contribution < 1.29 is 13.6 Å². The van der Waals surface area contributed by atoms with Crippen molar-refractivity contribution >= 4 is 22.9 Å². The van der Waals surface area contributed by atoms with Gasteiger partial charge in [-0.25, -0.2) is 28.7 Å². The summed E-state index contributed by atoms with van der Waals surface area (Å²) in [7, 11) is 1.40. The van der Waals surface area contributed by atoms with Gasteiger partial charge in [0.05, 0.1) is 30.2 Å². The molecule has 0 spiro atoms. The summed E-state index contributed by atoms with van der Waals surface area (Å²) in [4.78, 5) is 32.0. The van der Waals surface area contributed by atoms with Crippen molar-refractivity contribution in [3.63, 3.8) is 0 Å². The molecule has 5 heterocycles. The number of nitrogens with zero attached hydrogens (tertiary/aromatic N) is 9. The van der Waals surface area contributed by atoms with Gasteiger partial charge < -0.3 is 15.6 Å². The second-order valence-electron chi connectivity index (χ2n) is 9.85. The van der Waals surface area contributed by atoms with Crippen LogP contribution in [0.25, 0.3) is 34.1 Å². The molecule has 1 aromatic carbocycles. The Hall–Kier alpha value is -5.53. The minimum atomic E-state index is -2.77. The predicted octanol–water partition coefficient (Wildman–Crippen LogP) is 3.73. The number of imidazole rings is 2. The molecule has 42 heavy (non-hydrogen) atoms. The molecule has 12 nitrogen and oxygen atoms in total. The number of nitrogens with two attached hydrogens (primary N) is 1. The normalized spacial score (nSPS) is 14.5. The topological polar surface area (TPSA) is 147 Å². The Morgan fingerprint density at radius 3 is 2.67 bits per heavy atom. The Morgan fingerprint density at radius 1 is 1.07 bits per heavy atom. The molecule has 0 bridgehead atoms. The van der Waals surface area contributed by atoms with Gasteiger partial charge in [0, 0.05) is 18.9 Å². The van der Waals surface area contributed by atoms with Crippen LogP contribution in [0.1, 0.15) is 46.3 Å². The molecule has 0 radical (unpaired) electrons. The Balaban J connectivity index is 1.28. The van der Waals surface area contributed by atoms with E-state index in [0.29, 0.717) is 47.0 Å². The van der Waals surface area contributed by atoms with Gasteiger partial charge in [-0.2, -0.15) is 10.2 Å². The van der Waals surface area contributed by atoms with Crippen molar-refractivity contribution in [2.45, 2.75) is 25.3 Å². The number of aryl methyl sites for hydroxylation is 1. The number of rotatable bonds is 6. The van der Waals surface area contributed by atoms with Gasteiger partial charge in [0.1, 0.15) is 17.0 Å². The molecule has 6 aromatic rings. The zero-order valence-electron chi connectivity index (χ0n) is 22.2. The van der Waals surface area contributed by atoms with Crippen LogP contribution in [0.5, 0.6) is 0 Å². The molecule has 0 aliphatic heterocycles. The van der Waals surface area contributed by atoms with Crippen LogP contribution in [0.4, 0.5) is 14.6 Å². The van der Waals surface area contributed by atoms with Crippen molar-refractivity contribution in [1.82, 2.24) is 49.4 Å². The number of hydrogen-bond acceptors (Lipinski definition) is 8. The van der Waals surface area contributed by atoms with Crippen LogP contribution in [0, 0.1) is 0 Å². The zero-order valence-corrected chi connectivity index (χ0v) is 22.2. The van der Waals surface area contributed by atoms with E-state index >= 15 is 0 Å². The first-order chi connectivity index (χ1) is 20.4. The summed E-state index contributed by atoms with van der Waals surface area (Å²) in [6, 6.07) is 12.9. The summed E-state index contributed by atoms with van der Waals surface area (Å²) in [5.74, 6) is 0.514. The SMILES string of the molecule is Cn1c(C(=O)N[C@H]2CCc3cc(-n4c(-c5cccnc5N)nc5ccc(-n6nccn6)nc54)ccc32)cnc1C(F)F. The lowest BCUT2D eigenvalue weighted by Gasteiger charge is -2.16. The van der Waals surface area contributed by atoms with Gasteiger partial charge >= 0.3 is 0 Å². The van der Waals surface area contributed by atoms with Gasteiger partial charge in [-0.1, -0.05) is 6.07 Å². The molecule has 1 amide bonds. The third-order valence-electron chi connectivity index (χ3n) is 7.41. The van der Waals surface area contributed by atoms with Crippen LogP contribution in [-0.4, -0.2) is 50.0 Å². The third-order valence-corrected chi connectivity index (χ3v) is 7.41. The van der Waals surface area contributed by atoms with E-state index in [1.807, 2.05) is 34.9 Å². The summed E-state index contributed by atoms with van der Waals surface area (Å²) in [5, 5.41) is 11.4. The van der Waals surface area contributed by atoms with Gasteiger partial charge in [-0.05, 0) is 60.4 Å². The molecule has 210 valence electrons. The number of nitrogen functional groups attached to an aromatic ring is 1. The lowest BCUT2D eigenvalue weighted by Crippen LogP contribution is -2.29. The second kappa shape index (κ2) is 9.83. The van der Waals surface area contributed by atoms with E-state index < -0.39 is 18.2 Å². The number of benzene rings is 1. The van der Waals surface area contributed by atoms with Gasteiger partial charge in [-0.3, -0.25) is 9.36 Å². The summed E-state index contributed by atoms with van der Waals surface area (Å²) < 4.78 is 29.4. The highest BCUT2D eigenvalue weighted by Crippen LogP contribution is 2.36.